The highest BCUT2D eigenvalue weighted by Crippen LogP contribution is 2.35. The highest BCUT2D eigenvalue weighted by molar-refractivity contribution is 5.92. The van der Waals surface area contributed by atoms with Crippen LogP contribution in [0.1, 0.15) is 59.4 Å². The fourth-order valence-electron chi connectivity index (χ4n) is 3.73. The lowest BCUT2D eigenvalue weighted by atomic mass is 9.75. The van der Waals surface area contributed by atoms with Gasteiger partial charge in [0.1, 0.15) is 6.61 Å². The molecule has 1 saturated carbocycles. The minimum absolute atomic E-state index is 0.00469. The van der Waals surface area contributed by atoms with E-state index in [4.69, 9.17) is 4.74 Å². The Balaban J connectivity index is 1.76. The van der Waals surface area contributed by atoms with Gasteiger partial charge in [-0.15, -0.1) is 0 Å². The Hall–Kier alpha value is -1.88. The van der Waals surface area contributed by atoms with Crippen molar-refractivity contribution in [2.75, 3.05) is 11.9 Å². The van der Waals surface area contributed by atoms with Gasteiger partial charge in [-0.2, -0.15) is 0 Å². The molecule has 5 heteroatoms. The molecule has 0 saturated heterocycles. The number of benzene rings is 1. The van der Waals surface area contributed by atoms with E-state index in [0.717, 1.165) is 17.7 Å². The van der Waals surface area contributed by atoms with Crippen LogP contribution in [0.2, 0.25) is 0 Å². The largest absolute Gasteiger partial charge is 0.368 e. The van der Waals surface area contributed by atoms with Crippen molar-refractivity contribution in [1.29, 1.82) is 0 Å². The third-order valence-electron chi connectivity index (χ3n) is 5.63. The minimum Gasteiger partial charge on any atom is -0.368 e. The second-order valence-corrected chi connectivity index (χ2v) is 8.79. The van der Waals surface area contributed by atoms with Crippen molar-refractivity contribution in [3.63, 3.8) is 0 Å². The molecule has 3 atom stereocenters. The van der Waals surface area contributed by atoms with Crippen LogP contribution in [0.4, 0.5) is 5.69 Å². The normalized spacial score (nSPS) is 22.3. The summed E-state index contributed by atoms with van der Waals surface area (Å²) in [5.74, 6) is 1.64. The molecule has 1 aliphatic rings. The van der Waals surface area contributed by atoms with Gasteiger partial charge in [0.2, 0.25) is 11.8 Å². The van der Waals surface area contributed by atoms with Crippen molar-refractivity contribution < 1.29 is 14.3 Å². The molecule has 5 nitrogen and oxygen atoms in total. The molecule has 1 aliphatic carbocycles. The van der Waals surface area contributed by atoms with Gasteiger partial charge < -0.3 is 15.4 Å². The average Bonchev–Trinajstić information content (AvgIpc) is 2.65. The fourth-order valence-corrected chi connectivity index (χ4v) is 3.73. The monoisotopic (exact) mass is 388 g/mol. The lowest BCUT2D eigenvalue weighted by Crippen LogP contribution is -2.37. The molecule has 1 aromatic carbocycles. The molecule has 0 radical (unpaired) electrons. The first kappa shape index (κ1) is 22.4. The second-order valence-electron chi connectivity index (χ2n) is 8.79. The zero-order chi connectivity index (χ0) is 20.7. The van der Waals surface area contributed by atoms with Crippen LogP contribution in [0.25, 0.3) is 0 Å². The van der Waals surface area contributed by atoms with Gasteiger partial charge in [-0.05, 0) is 48.3 Å². The van der Waals surface area contributed by atoms with E-state index in [1.807, 2.05) is 38.1 Å². The summed E-state index contributed by atoms with van der Waals surface area (Å²) < 4.78 is 6.00. The van der Waals surface area contributed by atoms with Gasteiger partial charge in [0.25, 0.3) is 0 Å². The minimum atomic E-state index is -0.0853. The summed E-state index contributed by atoms with van der Waals surface area (Å²) in [7, 11) is 0. The van der Waals surface area contributed by atoms with Gasteiger partial charge in [0.15, 0.2) is 0 Å². The number of carbonyl (C=O) groups excluding carboxylic acids is 2. The molecule has 0 aromatic heterocycles. The number of carbonyl (C=O) groups is 2. The Morgan fingerprint density at radius 2 is 1.79 bits per heavy atom. The Bertz CT molecular complexity index is 640. The number of hydrogen-bond acceptors (Lipinski definition) is 3. The molecule has 28 heavy (non-hydrogen) atoms. The van der Waals surface area contributed by atoms with Crippen LogP contribution in [-0.2, 0) is 20.9 Å². The van der Waals surface area contributed by atoms with E-state index in [2.05, 4.69) is 31.4 Å². The molecule has 2 rings (SSSR count). The first-order valence-electron chi connectivity index (χ1n) is 10.5. The van der Waals surface area contributed by atoms with Crippen molar-refractivity contribution in [2.45, 2.75) is 66.5 Å². The number of hydrogen-bond donors (Lipinski definition) is 2. The van der Waals surface area contributed by atoms with Crippen LogP contribution in [-0.4, -0.2) is 24.5 Å². The Morgan fingerprint density at radius 3 is 2.39 bits per heavy atom. The molecule has 0 bridgehead atoms. The van der Waals surface area contributed by atoms with Crippen molar-refractivity contribution in [3.8, 4) is 0 Å². The average molecular weight is 389 g/mol. The molecular formula is C23H36N2O3. The third kappa shape index (κ3) is 6.93. The van der Waals surface area contributed by atoms with Crippen LogP contribution in [0, 0.1) is 23.7 Å². The van der Waals surface area contributed by atoms with Crippen LogP contribution in [0.3, 0.4) is 0 Å². The lowest BCUT2D eigenvalue weighted by Gasteiger charge is -2.37. The first-order valence-corrected chi connectivity index (χ1v) is 10.5. The zero-order valence-corrected chi connectivity index (χ0v) is 18.0. The van der Waals surface area contributed by atoms with Crippen LogP contribution in [0.15, 0.2) is 24.3 Å². The molecule has 1 fully saturated rings. The number of nitrogens with one attached hydrogen (secondary N) is 2. The Kier molecular flexibility index (Phi) is 8.49. The summed E-state index contributed by atoms with van der Waals surface area (Å²) in [4.78, 5) is 23.9. The quantitative estimate of drug-likeness (QED) is 0.695. The number of amides is 2. The standard InChI is InChI=1S/C23H36N2O3/c1-15(2)20-11-6-17(5)12-21(20)28-14-22(26)24-13-18-7-9-19(10-8-18)25-23(27)16(3)4/h7-10,15-17,20-21H,6,11-14H2,1-5H3,(H,24,26)(H,25,27). The van der Waals surface area contributed by atoms with Crippen molar-refractivity contribution in [3.05, 3.63) is 29.8 Å². The van der Waals surface area contributed by atoms with Gasteiger partial charge >= 0.3 is 0 Å². The van der Waals surface area contributed by atoms with Crippen LogP contribution >= 0.6 is 0 Å². The molecule has 3 unspecified atom stereocenters. The van der Waals surface area contributed by atoms with Gasteiger partial charge in [0.05, 0.1) is 6.10 Å². The smallest absolute Gasteiger partial charge is 0.246 e. The Morgan fingerprint density at radius 1 is 1.11 bits per heavy atom. The molecule has 0 aliphatic heterocycles. The predicted octanol–water partition coefficient (Wildman–Crippen LogP) is 4.37. The van der Waals surface area contributed by atoms with E-state index in [-0.39, 0.29) is 30.4 Å². The summed E-state index contributed by atoms with van der Waals surface area (Å²) in [5.41, 5.74) is 1.76. The van der Waals surface area contributed by atoms with E-state index >= 15 is 0 Å². The lowest BCUT2D eigenvalue weighted by molar-refractivity contribution is -0.131. The maximum absolute atomic E-state index is 12.2. The van der Waals surface area contributed by atoms with E-state index in [1.165, 1.54) is 12.8 Å². The summed E-state index contributed by atoms with van der Waals surface area (Å²) in [6.45, 7) is 11.0. The summed E-state index contributed by atoms with van der Waals surface area (Å²) >= 11 is 0. The van der Waals surface area contributed by atoms with Gasteiger partial charge in [-0.3, -0.25) is 9.59 Å². The maximum atomic E-state index is 12.2. The molecule has 0 spiro atoms. The second kappa shape index (κ2) is 10.6. The SMILES string of the molecule is CC1CCC(C(C)C)C(OCC(=O)NCc2ccc(NC(=O)C(C)C)cc2)C1. The third-order valence-corrected chi connectivity index (χ3v) is 5.63. The number of anilines is 1. The molecular weight excluding hydrogens is 352 g/mol. The number of rotatable bonds is 8. The highest BCUT2D eigenvalue weighted by Gasteiger charge is 2.31. The fraction of sp³-hybridized carbons (Fsp3) is 0.652. The molecule has 2 N–H and O–H groups in total. The van der Waals surface area contributed by atoms with E-state index in [0.29, 0.717) is 24.3 Å². The summed E-state index contributed by atoms with van der Waals surface area (Å²) in [6.07, 6.45) is 3.66. The zero-order valence-electron chi connectivity index (χ0n) is 18.0. The van der Waals surface area contributed by atoms with Crippen molar-refractivity contribution in [1.82, 2.24) is 5.32 Å². The summed E-state index contributed by atoms with van der Waals surface area (Å²) in [5, 5.41) is 5.78. The van der Waals surface area contributed by atoms with Crippen LogP contribution in [0.5, 0.6) is 0 Å². The first-order chi connectivity index (χ1) is 13.3. The van der Waals surface area contributed by atoms with Gasteiger partial charge in [-0.25, -0.2) is 0 Å². The molecule has 2 amide bonds. The Labute approximate surface area is 169 Å². The predicted molar refractivity (Wildman–Crippen MR) is 113 cm³/mol. The van der Waals surface area contributed by atoms with Gasteiger partial charge in [-0.1, -0.05) is 53.2 Å². The van der Waals surface area contributed by atoms with E-state index < -0.39 is 0 Å². The molecule has 0 heterocycles. The van der Waals surface area contributed by atoms with E-state index in [9.17, 15) is 9.59 Å². The number of ether oxygens (including phenoxy) is 1. The summed E-state index contributed by atoms with van der Waals surface area (Å²) in [6, 6.07) is 7.53. The highest BCUT2D eigenvalue weighted by atomic mass is 16.5. The van der Waals surface area contributed by atoms with Crippen molar-refractivity contribution in [2.24, 2.45) is 23.7 Å². The van der Waals surface area contributed by atoms with E-state index in [1.54, 1.807) is 0 Å². The molecule has 156 valence electrons. The van der Waals surface area contributed by atoms with Gasteiger partial charge in [0, 0.05) is 18.2 Å². The van der Waals surface area contributed by atoms with Crippen molar-refractivity contribution >= 4 is 17.5 Å². The maximum Gasteiger partial charge on any atom is 0.246 e. The molecule has 1 aromatic rings. The van der Waals surface area contributed by atoms with Crippen LogP contribution < -0.4 is 10.6 Å². The topological polar surface area (TPSA) is 67.4 Å².